The van der Waals surface area contributed by atoms with E-state index in [4.69, 9.17) is 0 Å². The summed E-state index contributed by atoms with van der Waals surface area (Å²) in [6.45, 7) is 3.34. The molecule has 0 aromatic heterocycles. The van der Waals surface area contributed by atoms with E-state index in [1.165, 1.54) is 19.3 Å². The maximum atomic E-state index is 11.1. The minimum atomic E-state index is -0.582. The number of piperidine rings is 1. The van der Waals surface area contributed by atoms with Crippen LogP contribution < -0.4 is 0 Å². The van der Waals surface area contributed by atoms with Crippen molar-refractivity contribution in [2.24, 2.45) is 5.92 Å². The van der Waals surface area contributed by atoms with Crippen molar-refractivity contribution >= 4 is 5.97 Å². The Morgan fingerprint density at radius 3 is 2.87 bits per heavy atom. The number of hydrogen-bond acceptors (Lipinski definition) is 2. The average Bonchev–Trinajstić information content (AvgIpc) is 2.66. The van der Waals surface area contributed by atoms with E-state index in [2.05, 4.69) is 11.8 Å². The van der Waals surface area contributed by atoms with E-state index >= 15 is 0 Å². The predicted molar refractivity (Wildman–Crippen MR) is 58.8 cm³/mol. The zero-order chi connectivity index (χ0) is 10.8. The molecule has 2 fully saturated rings. The smallest absolute Gasteiger partial charge is 0.308 e. The van der Waals surface area contributed by atoms with E-state index in [-0.39, 0.29) is 5.92 Å². The van der Waals surface area contributed by atoms with Gasteiger partial charge >= 0.3 is 5.97 Å². The summed E-state index contributed by atoms with van der Waals surface area (Å²) < 4.78 is 0. The van der Waals surface area contributed by atoms with Gasteiger partial charge in [0.05, 0.1) is 5.92 Å². The second kappa shape index (κ2) is 4.52. The molecule has 2 saturated heterocycles. The van der Waals surface area contributed by atoms with Crippen molar-refractivity contribution in [3.8, 4) is 0 Å². The molecule has 0 radical (unpaired) electrons. The molecule has 0 bridgehead atoms. The summed E-state index contributed by atoms with van der Waals surface area (Å²) in [6.07, 6.45) is 6.71. The SMILES string of the molecule is CCC[C@H]1CC[C@@H](C(=O)O)[C@H]2CCCN12. The van der Waals surface area contributed by atoms with Crippen molar-refractivity contribution in [3.05, 3.63) is 0 Å². The van der Waals surface area contributed by atoms with Gasteiger partial charge in [-0.05, 0) is 38.6 Å². The normalized spacial score (nSPS) is 36.5. The minimum Gasteiger partial charge on any atom is -0.481 e. The standard InChI is InChI=1S/C12H21NO2/c1-2-4-9-6-7-10(12(14)15)11-5-3-8-13(9)11/h9-11H,2-8H2,1H3,(H,14,15)/t9-,10+,11+/m0/s1. The fourth-order valence-electron chi connectivity index (χ4n) is 3.36. The van der Waals surface area contributed by atoms with Gasteiger partial charge in [0.2, 0.25) is 0 Å². The Bertz CT molecular complexity index is 242. The highest BCUT2D eigenvalue weighted by Gasteiger charge is 2.42. The lowest BCUT2D eigenvalue weighted by atomic mass is 9.84. The molecule has 1 N–H and O–H groups in total. The number of carboxylic acid groups (broad SMARTS) is 1. The molecule has 2 heterocycles. The van der Waals surface area contributed by atoms with Gasteiger partial charge in [-0.3, -0.25) is 9.69 Å². The van der Waals surface area contributed by atoms with Crippen LogP contribution in [0.15, 0.2) is 0 Å². The van der Waals surface area contributed by atoms with Crippen molar-refractivity contribution in [1.82, 2.24) is 4.90 Å². The summed E-state index contributed by atoms with van der Waals surface area (Å²) in [5.41, 5.74) is 0. The number of rotatable bonds is 3. The molecule has 2 rings (SSSR count). The first-order valence-electron chi connectivity index (χ1n) is 6.22. The summed E-state index contributed by atoms with van der Waals surface area (Å²) in [6, 6.07) is 1.01. The van der Waals surface area contributed by atoms with Crippen molar-refractivity contribution in [1.29, 1.82) is 0 Å². The molecule has 3 nitrogen and oxygen atoms in total. The van der Waals surface area contributed by atoms with E-state index in [0.29, 0.717) is 12.1 Å². The molecule has 2 aliphatic heterocycles. The fraction of sp³-hybridized carbons (Fsp3) is 0.917. The Balaban J connectivity index is 2.06. The van der Waals surface area contributed by atoms with Gasteiger partial charge in [0.25, 0.3) is 0 Å². The largest absolute Gasteiger partial charge is 0.481 e. The molecule has 86 valence electrons. The Morgan fingerprint density at radius 1 is 1.40 bits per heavy atom. The first kappa shape index (κ1) is 10.9. The molecule has 0 spiro atoms. The van der Waals surface area contributed by atoms with Crippen LogP contribution in [0.3, 0.4) is 0 Å². The summed E-state index contributed by atoms with van der Waals surface area (Å²) >= 11 is 0. The van der Waals surface area contributed by atoms with Gasteiger partial charge in [-0.2, -0.15) is 0 Å². The quantitative estimate of drug-likeness (QED) is 0.777. The van der Waals surface area contributed by atoms with Crippen LogP contribution in [0.4, 0.5) is 0 Å². The number of fused-ring (bicyclic) bond motifs is 1. The van der Waals surface area contributed by atoms with Gasteiger partial charge in [-0.1, -0.05) is 13.3 Å². The lowest BCUT2D eigenvalue weighted by molar-refractivity contribution is -0.146. The third kappa shape index (κ3) is 2.03. The number of hydrogen-bond donors (Lipinski definition) is 1. The Hall–Kier alpha value is -0.570. The first-order valence-corrected chi connectivity index (χ1v) is 6.22. The topological polar surface area (TPSA) is 40.5 Å². The molecule has 0 unspecified atom stereocenters. The van der Waals surface area contributed by atoms with E-state index in [1.807, 2.05) is 0 Å². The lowest BCUT2D eigenvalue weighted by Crippen LogP contribution is -2.49. The van der Waals surface area contributed by atoms with E-state index in [9.17, 15) is 9.90 Å². The zero-order valence-corrected chi connectivity index (χ0v) is 9.48. The molecule has 0 aliphatic carbocycles. The van der Waals surface area contributed by atoms with E-state index < -0.39 is 5.97 Å². The van der Waals surface area contributed by atoms with Crippen LogP contribution in [-0.2, 0) is 4.79 Å². The predicted octanol–water partition coefficient (Wildman–Crippen LogP) is 2.11. The van der Waals surface area contributed by atoms with Crippen LogP contribution in [0.25, 0.3) is 0 Å². The van der Waals surface area contributed by atoms with E-state index in [0.717, 1.165) is 25.8 Å². The Labute approximate surface area is 91.5 Å². The summed E-state index contributed by atoms with van der Waals surface area (Å²) in [4.78, 5) is 13.6. The van der Waals surface area contributed by atoms with Crippen LogP contribution in [0, 0.1) is 5.92 Å². The van der Waals surface area contributed by atoms with Crippen molar-refractivity contribution in [2.45, 2.75) is 57.5 Å². The monoisotopic (exact) mass is 211 g/mol. The first-order chi connectivity index (χ1) is 7.24. The van der Waals surface area contributed by atoms with Gasteiger partial charge < -0.3 is 5.11 Å². The van der Waals surface area contributed by atoms with Crippen LogP contribution in [0.5, 0.6) is 0 Å². The van der Waals surface area contributed by atoms with Gasteiger partial charge in [0.15, 0.2) is 0 Å². The van der Waals surface area contributed by atoms with Crippen LogP contribution in [0.2, 0.25) is 0 Å². The molecule has 0 aromatic carbocycles. The summed E-state index contributed by atoms with van der Waals surface area (Å²) in [5.74, 6) is -0.678. The maximum absolute atomic E-state index is 11.1. The van der Waals surface area contributed by atoms with Crippen LogP contribution in [0.1, 0.15) is 45.4 Å². The minimum absolute atomic E-state index is 0.0967. The molecule has 0 saturated carbocycles. The molecular formula is C12H21NO2. The van der Waals surface area contributed by atoms with Gasteiger partial charge in [-0.25, -0.2) is 0 Å². The summed E-state index contributed by atoms with van der Waals surface area (Å²) in [5, 5.41) is 9.17. The van der Waals surface area contributed by atoms with Crippen molar-refractivity contribution in [2.75, 3.05) is 6.54 Å². The lowest BCUT2D eigenvalue weighted by Gasteiger charge is -2.41. The Kier molecular flexibility index (Phi) is 3.29. The molecule has 0 aromatic rings. The Morgan fingerprint density at radius 2 is 2.20 bits per heavy atom. The van der Waals surface area contributed by atoms with Crippen molar-refractivity contribution in [3.63, 3.8) is 0 Å². The fourth-order valence-corrected chi connectivity index (χ4v) is 3.36. The van der Waals surface area contributed by atoms with Gasteiger partial charge in [0.1, 0.15) is 0 Å². The number of aliphatic carboxylic acids is 1. The summed E-state index contributed by atoms with van der Waals surface area (Å²) in [7, 11) is 0. The highest BCUT2D eigenvalue weighted by Crippen LogP contribution is 2.36. The molecule has 3 atom stereocenters. The zero-order valence-electron chi connectivity index (χ0n) is 9.48. The number of carboxylic acids is 1. The molecule has 0 amide bonds. The number of nitrogens with zero attached hydrogens (tertiary/aromatic N) is 1. The third-order valence-corrected chi connectivity index (χ3v) is 4.03. The highest BCUT2D eigenvalue weighted by molar-refractivity contribution is 5.71. The third-order valence-electron chi connectivity index (χ3n) is 4.03. The highest BCUT2D eigenvalue weighted by atomic mass is 16.4. The molecule has 3 heteroatoms. The van der Waals surface area contributed by atoms with Crippen LogP contribution >= 0.6 is 0 Å². The maximum Gasteiger partial charge on any atom is 0.308 e. The van der Waals surface area contributed by atoms with Gasteiger partial charge in [0, 0.05) is 12.1 Å². The molecule has 15 heavy (non-hydrogen) atoms. The number of carbonyl (C=O) groups is 1. The van der Waals surface area contributed by atoms with Crippen LogP contribution in [-0.4, -0.2) is 34.6 Å². The van der Waals surface area contributed by atoms with Crippen molar-refractivity contribution < 1.29 is 9.90 Å². The average molecular weight is 211 g/mol. The second-order valence-corrected chi connectivity index (χ2v) is 4.91. The van der Waals surface area contributed by atoms with E-state index in [1.54, 1.807) is 0 Å². The second-order valence-electron chi connectivity index (χ2n) is 4.91. The molecule has 2 aliphatic rings. The van der Waals surface area contributed by atoms with Gasteiger partial charge in [-0.15, -0.1) is 0 Å². The molecular weight excluding hydrogens is 190 g/mol.